The lowest BCUT2D eigenvalue weighted by molar-refractivity contribution is -0.133. The van der Waals surface area contributed by atoms with E-state index in [1.807, 2.05) is 24.3 Å². The third kappa shape index (κ3) is 6.91. The first-order valence-electron chi connectivity index (χ1n) is 8.36. The second kappa shape index (κ2) is 9.05. The molecule has 1 amide bonds. The van der Waals surface area contributed by atoms with Crippen molar-refractivity contribution in [2.45, 2.75) is 19.3 Å². The molecule has 1 saturated heterocycles. The molecule has 2 rings (SSSR count). The van der Waals surface area contributed by atoms with Gasteiger partial charge in [-0.05, 0) is 37.1 Å². The summed E-state index contributed by atoms with van der Waals surface area (Å²) in [6, 6.07) is 7.42. The Labute approximate surface area is 149 Å². The first-order valence-corrected chi connectivity index (χ1v) is 10.3. The summed E-state index contributed by atoms with van der Waals surface area (Å²) in [5.41, 5.74) is 0. The maximum Gasteiger partial charge on any atom is 0.223 e. The highest BCUT2D eigenvalue weighted by atomic mass is 32.2. The third-order valence-electron chi connectivity index (χ3n) is 4.12. The van der Waals surface area contributed by atoms with Crippen molar-refractivity contribution in [2.75, 3.05) is 39.6 Å². The van der Waals surface area contributed by atoms with Gasteiger partial charge in [-0.1, -0.05) is 0 Å². The molecule has 1 atom stereocenters. The Kier molecular flexibility index (Phi) is 7.07. The maximum atomic E-state index is 12.2. The van der Waals surface area contributed by atoms with E-state index in [-0.39, 0.29) is 24.8 Å². The molecule has 1 N–H and O–H groups in total. The summed E-state index contributed by atoms with van der Waals surface area (Å²) in [5.74, 6) is 1.82. The van der Waals surface area contributed by atoms with Crippen molar-refractivity contribution in [1.82, 2.24) is 9.62 Å². The Morgan fingerprint density at radius 2 is 1.96 bits per heavy atom. The van der Waals surface area contributed by atoms with E-state index >= 15 is 0 Å². The van der Waals surface area contributed by atoms with Crippen LogP contribution in [0.4, 0.5) is 0 Å². The zero-order chi connectivity index (χ0) is 18.3. The fraction of sp³-hybridized carbons (Fsp3) is 0.588. The van der Waals surface area contributed by atoms with Gasteiger partial charge in [0.2, 0.25) is 15.9 Å². The molecule has 0 spiro atoms. The van der Waals surface area contributed by atoms with Gasteiger partial charge in [0.05, 0.1) is 20.0 Å². The van der Waals surface area contributed by atoms with Gasteiger partial charge < -0.3 is 14.4 Å². The largest absolute Gasteiger partial charge is 0.497 e. The predicted octanol–water partition coefficient (Wildman–Crippen LogP) is 1.25. The van der Waals surface area contributed by atoms with Crippen molar-refractivity contribution in [3.8, 4) is 11.5 Å². The molecular formula is C17H26N2O5S. The molecule has 0 saturated carbocycles. The minimum absolute atomic E-state index is 0.0229. The van der Waals surface area contributed by atoms with E-state index in [1.165, 1.54) is 0 Å². The molecule has 25 heavy (non-hydrogen) atoms. The smallest absolute Gasteiger partial charge is 0.223 e. The van der Waals surface area contributed by atoms with Crippen LogP contribution in [0, 0.1) is 5.92 Å². The fourth-order valence-electron chi connectivity index (χ4n) is 2.82. The zero-order valence-corrected chi connectivity index (χ0v) is 15.5. The first kappa shape index (κ1) is 19.5. The van der Waals surface area contributed by atoms with E-state index in [2.05, 4.69) is 4.72 Å². The van der Waals surface area contributed by atoms with Gasteiger partial charge in [-0.25, -0.2) is 13.1 Å². The first-order chi connectivity index (χ1) is 11.9. The van der Waals surface area contributed by atoms with Crippen LogP contribution in [0.5, 0.6) is 11.5 Å². The molecule has 1 aliphatic heterocycles. The number of methoxy groups -OCH3 is 1. The number of carbonyl (C=O) groups excluding carboxylic acids is 1. The van der Waals surface area contributed by atoms with Crippen LogP contribution < -0.4 is 14.2 Å². The van der Waals surface area contributed by atoms with Crippen LogP contribution in [0.15, 0.2) is 24.3 Å². The highest BCUT2D eigenvalue weighted by molar-refractivity contribution is 7.88. The lowest BCUT2D eigenvalue weighted by Crippen LogP contribution is -2.42. The van der Waals surface area contributed by atoms with E-state index in [0.29, 0.717) is 13.2 Å². The van der Waals surface area contributed by atoms with E-state index < -0.39 is 10.0 Å². The van der Waals surface area contributed by atoms with E-state index in [4.69, 9.17) is 9.47 Å². The lowest BCUT2D eigenvalue weighted by atomic mass is 9.98. The number of rotatable bonds is 8. The SMILES string of the molecule is COc1ccc(OCC2CCCN(C(=O)CCNS(C)(=O)=O)C2)cc1. The highest BCUT2D eigenvalue weighted by Gasteiger charge is 2.24. The van der Waals surface area contributed by atoms with Gasteiger partial charge in [0.15, 0.2) is 0 Å². The number of sulfonamides is 1. The van der Waals surface area contributed by atoms with Gasteiger partial charge in [-0.3, -0.25) is 4.79 Å². The number of hydrogen-bond acceptors (Lipinski definition) is 5. The van der Waals surface area contributed by atoms with Crippen molar-refractivity contribution in [3.05, 3.63) is 24.3 Å². The van der Waals surface area contributed by atoms with Crippen LogP contribution in [0.1, 0.15) is 19.3 Å². The van der Waals surface area contributed by atoms with Crippen molar-refractivity contribution in [3.63, 3.8) is 0 Å². The average Bonchev–Trinajstić information content (AvgIpc) is 2.59. The van der Waals surface area contributed by atoms with Crippen molar-refractivity contribution < 1.29 is 22.7 Å². The summed E-state index contributed by atoms with van der Waals surface area (Å²) >= 11 is 0. The number of ether oxygens (including phenoxy) is 2. The lowest BCUT2D eigenvalue weighted by Gasteiger charge is -2.32. The molecule has 7 nitrogen and oxygen atoms in total. The Morgan fingerprint density at radius 3 is 2.60 bits per heavy atom. The van der Waals surface area contributed by atoms with Gasteiger partial charge in [0.1, 0.15) is 11.5 Å². The minimum atomic E-state index is -3.26. The van der Waals surface area contributed by atoms with Crippen LogP contribution in [-0.4, -0.2) is 58.8 Å². The molecule has 140 valence electrons. The van der Waals surface area contributed by atoms with Crippen molar-refractivity contribution in [2.24, 2.45) is 5.92 Å². The summed E-state index contributed by atoms with van der Waals surface area (Å²) in [4.78, 5) is 14.0. The molecule has 0 aromatic heterocycles. The average molecular weight is 370 g/mol. The molecule has 0 radical (unpaired) electrons. The summed E-state index contributed by atoms with van der Waals surface area (Å²) in [5, 5.41) is 0. The highest BCUT2D eigenvalue weighted by Crippen LogP contribution is 2.21. The number of amides is 1. The van der Waals surface area contributed by atoms with E-state index in [0.717, 1.165) is 37.1 Å². The molecule has 1 unspecified atom stereocenters. The molecule has 1 fully saturated rings. The number of piperidine rings is 1. The third-order valence-corrected chi connectivity index (χ3v) is 4.85. The molecule has 1 aliphatic rings. The fourth-order valence-corrected chi connectivity index (χ4v) is 3.29. The second-order valence-electron chi connectivity index (χ2n) is 6.25. The molecule has 1 heterocycles. The van der Waals surface area contributed by atoms with Crippen LogP contribution in [0.2, 0.25) is 0 Å². The summed E-state index contributed by atoms with van der Waals surface area (Å²) in [6.07, 6.45) is 3.22. The number of benzene rings is 1. The van der Waals surface area contributed by atoms with Crippen LogP contribution in [-0.2, 0) is 14.8 Å². The topological polar surface area (TPSA) is 84.9 Å². The molecular weight excluding hydrogens is 344 g/mol. The number of nitrogens with zero attached hydrogens (tertiary/aromatic N) is 1. The monoisotopic (exact) mass is 370 g/mol. The second-order valence-corrected chi connectivity index (χ2v) is 8.08. The minimum Gasteiger partial charge on any atom is -0.497 e. The normalized spacial score (nSPS) is 18.0. The quantitative estimate of drug-likeness (QED) is 0.744. The molecule has 1 aromatic rings. The van der Waals surface area contributed by atoms with E-state index in [1.54, 1.807) is 12.0 Å². The number of hydrogen-bond donors (Lipinski definition) is 1. The van der Waals surface area contributed by atoms with Crippen molar-refractivity contribution in [1.29, 1.82) is 0 Å². The standard InChI is InChI=1S/C17H26N2O5S/c1-23-15-5-7-16(8-6-15)24-13-14-4-3-11-19(12-14)17(20)9-10-18-25(2,21)22/h5-8,14,18H,3-4,9-13H2,1-2H3. The number of carbonyl (C=O) groups is 1. The summed E-state index contributed by atoms with van der Waals surface area (Å²) in [6.45, 7) is 2.06. The Balaban J connectivity index is 1.76. The summed E-state index contributed by atoms with van der Waals surface area (Å²) in [7, 11) is -1.64. The van der Waals surface area contributed by atoms with Crippen LogP contribution >= 0.6 is 0 Å². The number of likely N-dealkylation sites (tertiary alicyclic amines) is 1. The predicted molar refractivity (Wildman–Crippen MR) is 95.3 cm³/mol. The van der Waals surface area contributed by atoms with Gasteiger partial charge in [0, 0.05) is 32.0 Å². The van der Waals surface area contributed by atoms with Crippen LogP contribution in [0.25, 0.3) is 0 Å². The molecule has 0 aliphatic carbocycles. The van der Waals surface area contributed by atoms with E-state index in [9.17, 15) is 13.2 Å². The molecule has 8 heteroatoms. The Morgan fingerprint density at radius 1 is 1.28 bits per heavy atom. The Bertz CT molecular complexity index is 660. The molecule has 1 aromatic carbocycles. The Hall–Kier alpha value is -1.80. The maximum absolute atomic E-state index is 12.2. The number of nitrogens with one attached hydrogen (secondary N) is 1. The van der Waals surface area contributed by atoms with Crippen molar-refractivity contribution >= 4 is 15.9 Å². The zero-order valence-electron chi connectivity index (χ0n) is 14.7. The van der Waals surface area contributed by atoms with Crippen LogP contribution in [0.3, 0.4) is 0 Å². The van der Waals surface area contributed by atoms with Gasteiger partial charge in [-0.2, -0.15) is 0 Å². The molecule has 0 bridgehead atoms. The van der Waals surface area contributed by atoms with Gasteiger partial charge in [0.25, 0.3) is 0 Å². The summed E-state index contributed by atoms with van der Waals surface area (Å²) < 4.78 is 35.4. The van der Waals surface area contributed by atoms with Gasteiger partial charge in [-0.15, -0.1) is 0 Å². The van der Waals surface area contributed by atoms with Gasteiger partial charge >= 0.3 is 0 Å².